The van der Waals surface area contributed by atoms with Crippen LogP contribution < -0.4 is 16.1 Å². The molecule has 8 nitrogen and oxygen atoms in total. The molecule has 3 aromatic rings. The molecule has 1 aromatic heterocycles. The van der Waals surface area contributed by atoms with Gasteiger partial charge in [-0.1, -0.05) is 25.1 Å². The number of halogens is 1. The summed E-state index contributed by atoms with van der Waals surface area (Å²) in [7, 11) is 0. The Morgan fingerprint density at radius 2 is 1.91 bits per heavy atom. The van der Waals surface area contributed by atoms with Gasteiger partial charge in [0.05, 0.1) is 23.1 Å². The van der Waals surface area contributed by atoms with Crippen LogP contribution in [0.3, 0.4) is 0 Å². The van der Waals surface area contributed by atoms with E-state index >= 15 is 0 Å². The molecule has 1 saturated heterocycles. The SMILES string of the molecule is CCCN1CCN(c2cc(C(C=O)n3c(=O)[nH]c(=O)c4ccccc43)ccc2F)CC1=O. The first kappa shape index (κ1) is 21.5. The van der Waals surface area contributed by atoms with E-state index in [-0.39, 0.29) is 23.5 Å². The molecule has 0 aliphatic carbocycles. The van der Waals surface area contributed by atoms with E-state index in [0.29, 0.717) is 37.0 Å². The van der Waals surface area contributed by atoms with Crippen molar-refractivity contribution in [2.45, 2.75) is 19.4 Å². The summed E-state index contributed by atoms with van der Waals surface area (Å²) in [4.78, 5) is 55.0. The molecule has 1 aliphatic heterocycles. The number of aromatic nitrogens is 2. The summed E-state index contributed by atoms with van der Waals surface area (Å²) in [5.74, 6) is -0.605. The van der Waals surface area contributed by atoms with Crippen LogP contribution in [0.4, 0.5) is 10.1 Å². The van der Waals surface area contributed by atoms with E-state index in [1.807, 2.05) is 6.92 Å². The lowest BCUT2D eigenvalue weighted by molar-refractivity contribution is -0.131. The van der Waals surface area contributed by atoms with Crippen molar-refractivity contribution in [3.8, 4) is 0 Å². The lowest BCUT2D eigenvalue weighted by Gasteiger charge is -2.36. The minimum Gasteiger partial charge on any atom is -0.358 e. The summed E-state index contributed by atoms with van der Waals surface area (Å²) in [6.45, 7) is 3.62. The van der Waals surface area contributed by atoms with E-state index in [9.17, 15) is 23.6 Å². The second-order valence-corrected chi connectivity index (χ2v) is 7.74. The van der Waals surface area contributed by atoms with E-state index in [4.69, 9.17) is 0 Å². The Hall–Kier alpha value is -3.75. The number of rotatable bonds is 6. The number of fused-ring (bicyclic) bond motifs is 1. The molecule has 0 spiro atoms. The highest BCUT2D eigenvalue weighted by molar-refractivity contribution is 5.83. The van der Waals surface area contributed by atoms with Crippen molar-refractivity contribution in [3.05, 3.63) is 74.7 Å². The fourth-order valence-corrected chi connectivity index (χ4v) is 4.15. The normalized spacial score (nSPS) is 15.2. The number of piperazine rings is 1. The highest BCUT2D eigenvalue weighted by atomic mass is 19.1. The largest absolute Gasteiger partial charge is 0.358 e. The van der Waals surface area contributed by atoms with Gasteiger partial charge in [-0.25, -0.2) is 9.18 Å². The zero-order valence-corrected chi connectivity index (χ0v) is 17.6. The molecule has 1 unspecified atom stereocenters. The van der Waals surface area contributed by atoms with Crippen molar-refractivity contribution in [1.82, 2.24) is 14.5 Å². The van der Waals surface area contributed by atoms with Gasteiger partial charge in [0.2, 0.25) is 5.91 Å². The third-order valence-corrected chi connectivity index (χ3v) is 5.72. The van der Waals surface area contributed by atoms with Crippen molar-refractivity contribution < 1.29 is 14.0 Å². The van der Waals surface area contributed by atoms with Gasteiger partial charge in [-0.2, -0.15) is 0 Å². The molecular weight excluding hydrogens is 415 g/mol. The number of carbonyl (C=O) groups is 2. The molecule has 2 heterocycles. The van der Waals surface area contributed by atoms with E-state index in [1.54, 1.807) is 34.1 Å². The van der Waals surface area contributed by atoms with Gasteiger partial charge in [0.15, 0.2) is 0 Å². The van der Waals surface area contributed by atoms with E-state index in [0.717, 1.165) is 6.42 Å². The number of nitrogens with zero attached hydrogens (tertiary/aromatic N) is 3. The Labute approximate surface area is 182 Å². The second kappa shape index (κ2) is 8.78. The molecule has 2 aromatic carbocycles. The minimum atomic E-state index is -1.08. The molecule has 0 saturated carbocycles. The number of aromatic amines is 1. The number of amides is 1. The average molecular weight is 438 g/mol. The van der Waals surface area contributed by atoms with Gasteiger partial charge in [-0.3, -0.25) is 19.1 Å². The Balaban J connectivity index is 1.76. The summed E-state index contributed by atoms with van der Waals surface area (Å²) >= 11 is 0. The predicted octanol–water partition coefficient (Wildman–Crippen LogP) is 1.68. The molecule has 166 valence electrons. The van der Waals surface area contributed by atoms with Gasteiger partial charge < -0.3 is 14.6 Å². The first-order valence-electron chi connectivity index (χ1n) is 10.5. The van der Waals surface area contributed by atoms with Crippen LogP contribution in [-0.2, 0) is 9.59 Å². The standard InChI is InChI=1S/C23H23FN4O4/c1-2-9-26-10-11-27(13-21(26)30)19-12-15(7-8-17(19)24)20(14-29)28-18-6-4-3-5-16(18)22(31)25-23(28)32/h3-8,12,14,20H,2,9-11,13H2,1H3,(H,25,31,32). The van der Waals surface area contributed by atoms with Gasteiger partial charge in [-0.15, -0.1) is 0 Å². The third kappa shape index (κ3) is 3.81. The molecule has 1 atom stereocenters. The highest BCUT2D eigenvalue weighted by Gasteiger charge is 2.26. The maximum Gasteiger partial charge on any atom is 0.329 e. The summed E-state index contributed by atoms with van der Waals surface area (Å²) in [6.07, 6.45) is 1.42. The molecular formula is C23H23FN4O4. The fraction of sp³-hybridized carbons (Fsp3) is 0.304. The number of hydrogen-bond acceptors (Lipinski definition) is 5. The summed E-state index contributed by atoms with van der Waals surface area (Å²) in [5, 5.41) is 0.263. The van der Waals surface area contributed by atoms with Crippen LogP contribution in [0.5, 0.6) is 0 Å². The number of anilines is 1. The van der Waals surface area contributed by atoms with Crippen LogP contribution in [0.15, 0.2) is 52.1 Å². The molecule has 9 heteroatoms. The molecule has 1 N–H and O–H groups in total. The van der Waals surface area contributed by atoms with Gasteiger partial charge in [0.25, 0.3) is 5.56 Å². The zero-order valence-electron chi connectivity index (χ0n) is 17.6. The van der Waals surface area contributed by atoms with Crippen LogP contribution >= 0.6 is 0 Å². The molecule has 1 fully saturated rings. The topological polar surface area (TPSA) is 95.5 Å². The monoisotopic (exact) mass is 438 g/mol. The molecule has 1 aliphatic rings. The molecule has 0 radical (unpaired) electrons. The summed E-state index contributed by atoms with van der Waals surface area (Å²) in [5.41, 5.74) is -0.415. The second-order valence-electron chi connectivity index (χ2n) is 7.74. The molecule has 1 amide bonds. The molecule has 0 bridgehead atoms. The Morgan fingerprint density at radius 3 is 2.62 bits per heavy atom. The number of hydrogen-bond donors (Lipinski definition) is 1. The smallest absolute Gasteiger partial charge is 0.329 e. The number of benzene rings is 2. The van der Waals surface area contributed by atoms with Crippen molar-refractivity contribution >= 4 is 28.8 Å². The average Bonchev–Trinajstić information content (AvgIpc) is 2.79. The fourth-order valence-electron chi connectivity index (χ4n) is 4.15. The minimum absolute atomic E-state index is 0.0354. The van der Waals surface area contributed by atoms with E-state index < -0.39 is 23.1 Å². The lowest BCUT2D eigenvalue weighted by Crippen LogP contribution is -2.50. The number of para-hydroxylation sites is 1. The van der Waals surface area contributed by atoms with Crippen LogP contribution in [0.1, 0.15) is 24.9 Å². The van der Waals surface area contributed by atoms with Gasteiger partial charge >= 0.3 is 5.69 Å². The highest BCUT2D eigenvalue weighted by Crippen LogP contribution is 2.27. The number of carbonyl (C=O) groups excluding carboxylic acids is 2. The van der Waals surface area contributed by atoms with Crippen LogP contribution in [-0.4, -0.2) is 52.8 Å². The zero-order chi connectivity index (χ0) is 22.8. The first-order valence-corrected chi connectivity index (χ1v) is 10.5. The number of aldehydes is 1. The van der Waals surface area contributed by atoms with E-state index in [1.165, 1.54) is 22.8 Å². The van der Waals surface area contributed by atoms with Crippen molar-refractivity contribution in [2.75, 3.05) is 31.1 Å². The van der Waals surface area contributed by atoms with Crippen LogP contribution in [0, 0.1) is 5.82 Å². The lowest BCUT2D eigenvalue weighted by atomic mass is 10.0. The maximum atomic E-state index is 14.7. The Morgan fingerprint density at radius 1 is 1.12 bits per heavy atom. The van der Waals surface area contributed by atoms with Gasteiger partial charge in [0.1, 0.15) is 18.1 Å². The van der Waals surface area contributed by atoms with Crippen LogP contribution in [0.25, 0.3) is 10.9 Å². The molecule has 32 heavy (non-hydrogen) atoms. The summed E-state index contributed by atoms with van der Waals surface area (Å²) < 4.78 is 15.9. The maximum absolute atomic E-state index is 14.7. The quantitative estimate of drug-likeness (QED) is 0.591. The molecule has 4 rings (SSSR count). The Kier molecular flexibility index (Phi) is 5.89. The van der Waals surface area contributed by atoms with Crippen molar-refractivity contribution in [3.63, 3.8) is 0 Å². The van der Waals surface area contributed by atoms with Gasteiger partial charge in [-0.05, 0) is 36.2 Å². The third-order valence-electron chi connectivity index (χ3n) is 5.72. The number of nitrogens with one attached hydrogen (secondary N) is 1. The van der Waals surface area contributed by atoms with Crippen LogP contribution in [0.2, 0.25) is 0 Å². The van der Waals surface area contributed by atoms with Crippen molar-refractivity contribution in [2.24, 2.45) is 0 Å². The predicted molar refractivity (Wildman–Crippen MR) is 119 cm³/mol. The van der Waals surface area contributed by atoms with E-state index in [2.05, 4.69) is 4.98 Å². The number of H-pyrrole nitrogens is 1. The summed E-state index contributed by atoms with van der Waals surface area (Å²) in [6, 6.07) is 9.53. The van der Waals surface area contributed by atoms with Crippen molar-refractivity contribution in [1.29, 1.82) is 0 Å². The van der Waals surface area contributed by atoms with Gasteiger partial charge in [0, 0.05) is 19.6 Å². The first-order chi connectivity index (χ1) is 15.4. The Bertz CT molecular complexity index is 1300.